The van der Waals surface area contributed by atoms with E-state index in [9.17, 15) is 26.3 Å². The van der Waals surface area contributed by atoms with E-state index in [1.54, 1.807) is 12.1 Å². The van der Waals surface area contributed by atoms with Gasteiger partial charge in [0.1, 0.15) is 17.7 Å². The molecule has 0 saturated heterocycles. The molecule has 4 rings (SSSR count). The summed E-state index contributed by atoms with van der Waals surface area (Å²) in [6.45, 7) is 1.25. The van der Waals surface area contributed by atoms with Gasteiger partial charge in [0.05, 0.1) is 11.3 Å². The van der Waals surface area contributed by atoms with Crippen molar-refractivity contribution in [2.75, 3.05) is 0 Å². The molecular weight excluding hydrogens is 410 g/mol. The molecule has 0 atom stereocenters. The molecule has 0 radical (unpaired) electrons. The number of imidazole rings is 1. The lowest BCUT2D eigenvalue weighted by molar-refractivity contribution is -0.142. The van der Waals surface area contributed by atoms with E-state index in [0.717, 1.165) is 28.9 Å². The van der Waals surface area contributed by atoms with Crippen molar-refractivity contribution in [3.63, 3.8) is 0 Å². The number of pyridine rings is 1. The van der Waals surface area contributed by atoms with Crippen molar-refractivity contribution in [2.24, 2.45) is 0 Å². The minimum Gasteiger partial charge on any atom is -0.278 e. The van der Waals surface area contributed by atoms with Gasteiger partial charge in [-0.25, -0.2) is 9.97 Å². The van der Waals surface area contributed by atoms with Crippen LogP contribution >= 0.6 is 0 Å². The number of nitrogens with zero attached hydrogens (tertiary/aromatic N) is 4. The molecule has 0 fully saturated rings. The lowest BCUT2D eigenvalue weighted by Gasteiger charge is -2.14. The lowest BCUT2D eigenvalue weighted by atomic mass is 10.0. The van der Waals surface area contributed by atoms with Gasteiger partial charge in [-0.15, -0.1) is 0 Å². The zero-order chi connectivity index (χ0) is 21.7. The summed E-state index contributed by atoms with van der Waals surface area (Å²) in [4.78, 5) is 12.2. The molecular formula is C20H12F6N4. The maximum absolute atomic E-state index is 13.7. The van der Waals surface area contributed by atoms with Gasteiger partial charge in [0, 0.05) is 23.5 Å². The number of halogens is 6. The van der Waals surface area contributed by atoms with E-state index in [2.05, 4.69) is 15.0 Å². The topological polar surface area (TPSA) is 43.1 Å². The molecule has 3 aromatic heterocycles. The summed E-state index contributed by atoms with van der Waals surface area (Å²) in [6.07, 6.45) is -5.34. The first-order valence-electron chi connectivity index (χ1n) is 8.59. The van der Waals surface area contributed by atoms with Crippen LogP contribution in [0.15, 0.2) is 55.1 Å². The minimum atomic E-state index is -4.73. The molecule has 30 heavy (non-hydrogen) atoms. The fourth-order valence-electron chi connectivity index (χ4n) is 3.19. The van der Waals surface area contributed by atoms with Crippen molar-refractivity contribution in [3.05, 3.63) is 71.9 Å². The first-order valence-corrected chi connectivity index (χ1v) is 8.59. The van der Waals surface area contributed by atoms with E-state index >= 15 is 0 Å². The number of fused-ring (bicyclic) bond motifs is 1. The maximum atomic E-state index is 13.7. The summed E-state index contributed by atoms with van der Waals surface area (Å²) in [5.74, 6) is 0. The molecule has 10 heteroatoms. The second kappa shape index (κ2) is 6.82. The molecule has 0 aliphatic heterocycles. The van der Waals surface area contributed by atoms with Crippen LogP contribution in [0.1, 0.15) is 16.8 Å². The second-order valence-corrected chi connectivity index (χ2v) is 6.57. The van der Waals surface area contributed by atoms with E-state index in [1.807, 2.05) is 0 Å². The van der Waals surface area contributed by atoms with Gasteiger partial charge >= 0.3 is 12.4 Å². The van der Waals surface area contributed by atoms with Crippen molar-refractivity contribution < 1.29 is 26.3 Å². The third kappa shape index (κ3) is 3.49. The maximum Gasteiger partial charge on any atom is 0.431 e. The number of alkyl halides is 6. The lowest BCUT2D eigenvalue weighted by Crippen LogP contribution is -2.12. The van der Waals surface area contributed by atoms with Crippen molar-refractivity contribution in [1.82, 2.24) is 19.4 Å². The van der Waals surface area contributed by atoms with Crippen molar-refractivity contribution in [1.29, 1.82) is 0 Å². The Hall–Kier alpha value is -3.43. The van der Waals surface area contributed by atoms with Crippen molar-refractivity contribution in [3.8, 4) is 22.5 Å². The predicted molar refractivity (Wildman–Crippen MR) is 96.4 cm³/mol. The first kappa shape index (κ1) is 19.9. The Morgan fingerprint density at radius 3 is 2.13 bits per heavy atom. The summed E-state index contributed by atoms with van der Waals surface area (Å²) < 4.78 is 81.0. The highest BCUT2D eigenvalue weighted by atomic mass is 19.4. The summed E-state index contributed by atoms with van der Waals surface area (Å²) in [6, 6.07) is 7.07. The number of aryl methyl sites for hydroxylation is 1. The molecule has 154 valence electrons. The average molecular weight is 422 g/mol. The number of benzene rings is 1. The normalized spacial score (nSPS) is 12.5. The smallest absolute Gasteiger partial charge is 0.278 e. The molecule has 4 aromatic rings. The molecule has 0 aliphatic rings. The van der Waals surface area contributed by atoms with Gasteiger partial charge in [-0.3, -0.25) is 9.38 Å². The molecule has 0 bridgehead atoms. The van der Waals surface area contributed by atoms with Crippen LogP contribution in [0.4, 0.5) is 26.3 Å². The van der Waals surface area contributed by atoms with Crippen LogP contribution < -0.4 is 0 Å². The minimum absolute atomic E-state index is 0.0661. The largest absolute Gasteiger partial charge is 0.431 e. The standard InChI is InChI=1S/C20H12F6N4/c1-11-8-13(2-3-14(11)19(21,22)23)15-9-16(20(24,25)26)30-10-28-17(18(30)29-15)12-4-6-27-7-5-12/h2-10H,1H3. The molecule has 1 aromatic carbocycles. The van der Waals surface area contributed by atoms with E-state index in [0.29, 0.717) is 5.56 Å². The van der Waals surface area contributed by atoms with Gasteiger partial charge in [0.25, 0.3) is 0 Å². The van der Waals surface area contributed by atoms with Crippen LogP contribution in [0, 0.1) is 6.92 Å². The van der Waals surface area contributed by atoms with Gasteiger partial charge in [-0.1, -0.05) is 6.07 Å². The molecule has 0 unspecified atom stereocenters. The van der Waals surface area contributed by atoms with E-state index in [4.69, 9.17) is 0 Å². The highest BCUT2D eigenvalue weighted by Crippen LogP contribution is 2.37. The summed E-state index contributed by atoms with van der Waals surface area (Å²) >= 11 is 0. The fourth-order valence-corrected chi connectivity index (χ4v) is 3.19. The van der Waals surface area contributed by atoms with Crippen LogP contribution in [-0.2, 0) is 12.4 Å². The van der Waals surface area contributed by atoms with E-state index < -0.39 is 23.6 Å². The Morgan fingerprint density at radius 2 is 1.53 bits per heavy atom. The molecule has 0 amide bonds. The molecule has 4 nitrogen and oxygen atoms in total. The quantitative estimate of drug-likeness (QED) is 0.383. The Kier molecular flexibility index (Phi) is 4.52. The Bertz CT molecular complexity index is 1230. The Morgan fingerprint density at radius 1 is 0.833 bits per heavy atom. The number of hydrogen-bond donors (Lipinski definition) is 0. The highest BCUT2D eigenvalue weighted by molar-refractivity contribution is 5.76. The van der Waals surface area contributed by atoms with Gasteiger partial charge in [-0.05, 0) is 42.8 Å². The van der Waals surface area contributed by atoms with Crippen LogP contribution in [0.3, 0.4) is 0 Å². The van der Waals surface area contributed by atoms with Crippen LogP contribution in [0.5, 0.6) is 0 Å². The molecule has 0 N–H and O–H groups in total. The summed E-state index contributed by atoms with van der Waals surface area (Å²) in [5.41, 5.74) is -1.33. The molecule has 0 aliphatic carbocycles. The summed E-state index contributed by atoms with van der Waals surface area (Å²) in [5, 5.41) is 0. The zero-order valence-corrected chi connectivity index (χ0v) is 15.3. The molecule has 3 heterocycles. The SMILES string of the molecule is Cc1cc(-c2cc(C(F)(F)F)n3cnc(-c4ccncc4)c3n2)ccc1C(F)(F)F. The average Bonchev–Trinajstić information content (AvgIpc) is 3.10. The van der Waals surface area contributed by atoms with Crippen molar-refractivity contribution >= 4 is 5.65 Å². The fraction of sp³-hybridized carbons (Fsp3) is 0.150. The van der Waals surface area contributed by atoms with Gasteiger partial charge < -0.3 is 0 Å². The second-order valence-electron chi connectivity index (χ2n) is 6.57. The monoisotopic (exact) mass is 422 g/mol. The van der Waals surface area contributed by atoms with Gasteiger partial charge in [0.2, 0.25) is 0 Å². The Labute approximate surface area is 165 Å². The third-order valence-corrected chi connectivity index (χ3v) is 4.57. The molecule has 0 spiro atoms. The Balaban J connectivity index is 1.96. The number of aromatic nitrogens is 4. The van der Waals surface area contributed by atoms with Crippen LogP contribution in [0.2, 0.25) is 0 Å². The molecule has 0 saturated carbocycles. The van der Waals surface area contributed by atoms with E-state index in [-0.39, 0.29) is 28.2 Å². The van der Waals surface area contributed by atoms with Crippen molar-refractivity contribution in [2.45, 2.75) is 19.3 Å². The van der Waals surface area contributed by atoms with Crippen LogP contribution in [-0.4, -0.2) is 19.4 Å². The third-order valence-electron chi connectivity index (χ3n) is 4.57. The number of hydrogen-bond acceptors (Lipinski definition) is 3. The predicted octanol–water partition coefficient (Wildman–Crippen LogP) is 5.80. The number of rotatable bonds is 2. The first-order chi connectivity index (χ1) is 14.1. The highest BCUT2D eigenvalue weighted by Gasteiger charge is 2.36. The summed E-state index contributed by atoms with van der Waals surface area (Å²) in [7, 11) is 0. The zero-order valence-electron chi connectivity index (χ0n) is 15.3. The van der Waals surface area contributed by atoms with E-state index in [1.165, 1.54) is 25.4 Å². The van der Waals surface area contributed by atoms with Gasteiger partial charge in [-0.2, -0.15) is 26.3 Å². The van der Waals surface area contributed by atoms with Gasteiger partial charge in [0.15, 0.2) is 5.65 Å². The van der Waals surface area contributed by atoms with Crippen LogP contribution in [0.25, 0.3) is 28.2 Å².